The Morgan fingerprint density at radius 3 is 2.52 bits per heavy atom. The fourth-order valence-electron chi connectivity index (χ4n) is 1.89. The highest BCUT2D eigenvalue weighted by molar-refractivity contribution is 5.92. The van der Waals surface area contributed by atoms with E-state index in [1.54, 1.807) is 24.3 Å². The predicted octanol–water partition coefficient (Wildman–Crippen LogP) is 3.62. The van der Waals surface area contributed by atoms with Crippen LogP contribution in [0.15, 0.2) is 66.7 Å². The minimum atomic E-state index is -0.395. The molecule has 0 aliphatic carbocycles. The molecule has 2 heteroatoms. The van der Waals surface area contributed by atoms with Crippen molar-refractivity contribution >= 4 is 5.97 Å². The maximum atomic E-state index is 11.9. The Morgan fingerprint density at radius 2 is 1.76 bits per heavy atom. The molecule has 0 saturated carbocycles. The predicted molar refractivity (Wildman–Crippen MR) is 83.9 cm³/mol. The van der Waals surface area contributed by atoms with Crippen LogP contribution in [0, 0.1) is 12.3 Å². The molecular formula is C19H16O2. The van der Waals surface area contributed by atoms with E-state index in [4.69, 9.17) is 11.2 Å². The number of esters is 1. The standard InChI is InChI=1S/C19H16O2/c1-2-17-13-6-7-14-18(17)19(20)21-15-9-8-12-16-10-4-3-5-11-16/h1,3-11,13-14H,12,15H2/b9-8+. The van der Waals surface area contributed by atoms with E-state index in [0.717, 1.165) is 6.42 Å². The fourth-order valence-corrected chi connectivity index (χ4v) is 1.89. The van der Waals surface area contributed by atoms with Gasteiger partial charge in [0, 0.05) is 5.56 Å². The van der Waals surface area contributed by atoms with Crippen molar-refractivity contribution in [2.75, 3.05) is 6.61 Å². The fraction of sp³-hybridized carbons (Fsp3) is 0.105. The van der Waals surface area contributed by atoms with E-state index in [2.05, 4.69) is 18.1 Å². The molecule has 0 fully saturated rings. The lowest BCUT2D eigenvalue weighted by molar-refractivity contribution is 0.0549. The molecule has 0 bridgehead atoms. The second-order valence-corrected chi connectivity index (χ2v) is 4.45. The van der Waals surface area contributed by atoms with Gasteiger partial charge >= 0.3 is 5.97 Å². The van der Waals surface area contributed by atoms with Crippen molar-refractivity contribution in [2.45, 2.75) is 6.42 Å². The van der Waals surface area contributed by atoms with Crippen LogP contribution in [-0.4, -0.2) is 12.6 Å². The Bertz CT molecular complexity index is 663. The first kappa shape index (κ1) is 14.6. The Balaban J connectivity index is 1.83. The smallest absolute Gasteiger partial charge is 0.339 e. The van der Waals surface area contributed by atoms with Crippen molar-refractivity contribution in [3.8, 4) is 12.3 Å². The number of carbonyl (C=O) groups is 1. The summed E-state index contributed by atoms with van der Waals surface area (Å²) in [6.45, 7) is 0.241. The third kappa shape index (κ3) is 4.36. The summed E-state index contributed by atoms with van der Waals surface area (Å²) in [7, 11) is 0. The molecule has 2 rings (SSSR count). The summed E-state index contributed by atoms with van der Waals surface area (Å²) in [4.78, 5) is 11.9. The second kappa shape index (κ2) is 7.72. The molecule has 0 radical (unpaired) electrons. The van der Waals surface area contributed by atoms with Crippen molar-refractivity contribution < 1.29 is 9.53 Å². The van der Waals surface area contributed by atoms with Gasteiger partial charge in [-0.05, 0) is 24.1 Å². The topological polar surface area (TPSA) is 26.3 Å². The summed E-state index contributed by atoms with van der Waals surface area (Å²) in [6.07, 6.45) is 9.99. The van der Waals surface area contributed by atoms with Gasteiger partial charge in [-0.3, -0.25) is 0 Å². The van der Waals surface area contributed by atoms with Gasteiger partial charge in [0.25, 0.3) is 0 Å². The minimum Gasteiger partial charge on any atom is -0.458 e. The molecule has 0 atom stereocenters. The molecule has 2 aromatic rings. The van der Waals surface area contributed by atoms with Gasteiger partial charge in [0.2, 0.25) is 0 Å². The van der Waals surface area contributed by atoms with Gasteiger partial charge in [0.15, 0.2) is 0 Å². The van der Waals surface area contributed by atoms with E-state index in [-0.39, 0.29) is 6.61 Å². The van der Waals surface area contributed by atoms with E-state index >= 15 is 0 Å². The van der Waals surface area contributed by atoms with Crippen LogP contribution < -0.4 is 0 Å². The number of hydrogen-bond acceptors (Lipinski definition) is 2. The summed E-state index contributed by atoms with van der Waals surface area (Å²) >= 11 is 0. The average Bonchev–Trinajstić information content (AvgIpc) is 2.55. The number of carbonyl (C=O) groups excluding carboxylic acids is 1. The minimum absolute atomic E-state index is 0.241. The number of ether oxygens (including phenoxy) is 1. The first-order valence-corrected chi connectivity index (χ1v) is 6.73. The monoisotopic (exact) mass is 276 g/mol. The number of benzene rings is 2. The van der Waals surface area contributed by atoms with E-state index in [9.17, 15) is 4.79 Å². The molecule has 0 aromatic heterocycles. The van der Waals surface area contributed by atoms with Gasteiger partial charge in [0.05, 0.1) is 5.56 Å². The normalized spacial score (nSPS) is 10.2. The first-order chi connectivity index (χ1) is 10.3. The Labute approximate surface area is 125 Å². The zero-order valence-electron chi connectivity index (χ0n) is 11.7. The molecule has 0 saturated heterocycles. The van der Waals surface area contributed by atoms with Crippen molar-refractivity contribution in [3.63, 3.8) is 0 Å². The Hall–Kier alpha value is -2.79. The van der Waals surface area contributed by atoms with Gasteiger partial charge in [-0.15, -0.1) is 6.42 Å². The quantitative estimate of drug-likeness (QED) is 0.473. The molecule has 2 aromatic carbocycles. The van der Waals surface area contributed by atoms with Gasteiger partial charge < -0.3 is 4.74 Å². The lowest BCUT2D eigenvalue weighted by Crippen LogP contribution is -2.07. The lowest BCUT2D eigenvalue weighted by atomic mass is 10.1. The maximum Gasteiger partial charge on any atom is 0.339 e. The molecule has 0 N–H and O–H groups in total. The van der Waals surface area contributed by atoms with E-state index < -0.39 is 5.97 Å². The molecule has 0 unspecified atom stereocenters. The van der Waals surface area contributed by atoms with Crippen LogP contribution in [0.3, 0.4) is 0 Å². The third-order valence-electron chi connectivity index (χ3n) is 2.98. The van der Waals surface area contributed by atoms with Crippen molar-refractivity contribution in [1.82, 2.24) is 0 Å². The van der Waals surface area contributed by atoms with Gasteiger partial charge in [0.1, 0.15) is 6.61 Å². The van der Waals surface area contributed by atoms with E-state index in [1.807, 2.05) is 30.4 Å². The maximum absolute atomic E-state index is 11.9. The van der Waals surface area contributed by atoms with Gasteiger partial charge in [-0.2, -0.15) is 0 Å². The molecular weight excluding hydrogens is 260 g/mol. The highest BCUT2D eigenvalue weighted by atomic mass is 16.5. The van der Waals surface area contributed by atoms with Crippen molar-refractivity contribution in [2.24, 2.45) is 0 Å². The van der Waals surface area contributed by atoms with Crippen molar-refractivity contribution in [3.05, 3.63) is 83.4 Å². The number of terminal acetylenes is 1. The van der Waals surface area contributed by atoms with Crippen LogP contribution in [0.2, 0.25) is 0 Å². The Kier molecular flexibility index (Phi) is 5.37. The molecule has 0 spiro atoms. The number of hydrogen-bond donors (Lipinski definition) is 0. The van der Waals surface area contributed by atoms with Crippen LogP contribution in [0.5, 0.6) is 0 Å². The van der Waals surface area contributed by atoms with Crippen LogP contribution in [0.4, 0.5) is 0 Å². The van der Waals surface area contributed by atoms with Crippen LogP contribution in [0.1, 0.15) is 21.5 Å². The highest BCUT2D eigenvalue weighted by Crippen LogP contribution is 2.09. The van der Waals surface area contributed by atoms with E-state index in [1.165, 1.54) is 5.56 Å². The van der Waals surface area contributed by atoms with Gasteiger partial charge in [-0.1, -0.05) is 60.5 Å². The SMILES string of the molecule is C#Cc1ccccc1C(=O)OC/C=C/Cc1ccccc1. The van der Waals surface area contributed by atoms with Crippen molar-refractivity contribution in [1.29, 1.82) is 0 Å². The molecule has 0 aliphatic heterocycles. The molecule has 0 aliphatic rings. The summed E-state index contributed by atoms with van der Waals surface area (Å²) < 4.78 is 5.19. The number of allylic oxidation sites excluding steroid dienone is 1. The summed E-state index contributed by atoms with van der Waals surface area (Å²) in [5.41, 5.74) is 2.20. The molecule has 104 valence electrons. The average molecular weight is 276 g/mol. The summed E-state index contributed by atoms with van der Waals surface area (Å²) in [5.74, 6) is 2.09. The third-order valence-corrected chi connectivity index (χ3v) is 2.98. The van der Waals surface area contributed by atoms with Crippen LogP contribution in [-0.2, 0) is 11.2 Å². The lowest BCUT2D eigenvalue weighted by Gasteiger charge is -2.04. The molecule has 21 heavy (non-hydrogen) atoms. The zero-order chi connectivity index (χ0) is 14.9. The highest BCUT2D eigenvalue weighted by Gasteiger charge is 2.09. The van der Waals surface area contributed by atoms with Crippen LogP contribution >= 0.6 is 0 Å². The molecule has 0 heterocycles. The van der Waals surface area contributed by atoms with Gasteiger partial charge in [-0.25, -0.2) is 4.79 Å². The largest absolute Gasteiger partial charge is 0.458 e. The number of rotatable bonds is 5. The zero-order valence-corrected chi connectivity index (χ0v) is 11.7. The summed E-state index contributed by atoms with van der Waals surface area (Å²) in [5, 5.41) is 0. The molecule has 2 nitrogen and oxygen atoms in total. The Morgan fingerprint density at radius 1 is 1.05 bits per heavy atom. The first-order valence-electron chi connectivity index (χ1n) is 6.73. The molecule has 0 amide bonds. The summed E-state index contributed by atoms with van der Waals surface area (Å²) in [6, 6.07) is 17.1. The van der Waals surface area contributed by atoms with E-state index in [0.29, 0.717) is 11.1 Å². The second-order valence-electron chi connectivity index (χ2n) is 4.45. The van der Waals surface area contributed by atoms with Crippen LogP contribution in [0.25, 0.3) is 0 Å².